The van der Waals surface area contributed by atoms with Crippen LogP contribution in [-0.4, -0.2) is 39.9 Å². The van der Waals surface area contributed by atoms with Crippen LogP contribution in [0.25, 0.3) is 22.0 Å². The number of nitrogen functional groups attached to an aromatic ring is 1. The van der Waals surface area contributed by atoms with E-state index in [1.807, 2.05) is 37.3 Å². The summed E-state index contributed by atoms with van der Waals surface area (Å²) < 4.78 is 5.61. The van der Waals surface area contributed by atoms with Gasteiger partial charge in [0.1, 0.15) is 0 Å². The van der Waals surface area contributed by atoms with Crippen molar-refractivity contribution < 1.29 is 9.53 Å². The molecule has 28 heavy (non-hydrogen) atoms. The second-order valence-corrected chi connectivity index (χ2v) is 7.20. The van der Waals surface area contributed by atoms with E-state index in [1.165, 1.54) is 0 Å². The monoisotopic (exact) mass is 393 g/mol. The fraction of sp³-hybridized carbons (Fsp3) is 0.200. The van der Waals surface area contributed by atoms with Crippen LogP contribution in [0.4, 0.5) is 5.95 Å². The molecule has 0 radical (unpaired) electrons. The number of carbonyl (C=O) groups excluding carboxylic acids is 1. The average molecular weight is 393 g/mol. The van der Waals surface area contributed by atoms with Crippen molar-refractivity contribution in [2.45, 2.75) is 6.92 Å². The summed E-state index contributed by atoms with van der Waals surface area (Å²) in [6.45, 7) is 3.14. The molecule has 1 aromatic heterocycles. The Morgan fingerprint density at radius 2 is 1.96 bits per heavy atom. The maximum Gasteiger partial charge on any atom is 0.257 e. The maximum absolute atomic E-state index is 12.3. The molecule has 2 heterocycles. The van der Waals surface area contributed by atoms with Gasteiger partial charge in [-0.2, -0.15) is 4.98 Å². The highest BCUT2D eigenvalue weighted by Gasteiger charge is 2.13. The van der Waals surface area contributed by atoms with Crippen molar-refractivity contribution in [1.82, 2.24) is 15.3 Å². The molecule has 142 valence electrons. The number of fused-ring (bicyclic) bond motifs is 1. The van der Waals surface area contributed by atoms with Gasteiger partial charge in [0.2, 0.25) is 11.8 Å². The second-order valence-electron chi connectivity index (χ2n) is 6.12. The van der Waals surface area contributed by atoms with Gasteiger partial charge in [-0.1, -0.05) is 30.0 Å². The van der Waals surface area contributed by atoms with E-state index >= 15 is 0 Å². The van der Waals surface area contributed by atoms with Gasteiger partial charge >= 0.3 is 0 Å². The number of aliphatic imine (C=N–C) groups is 1. The minimum absolute atomic E-state index is 0.152. The number of nitrogens with zero attached hydrogens (tertiary/aromatic N) is 3. The van der Waals surface area contributed by atoms with E-state index in [1.54, 1.807) is 23.9 Å². The van der Waals surface area contributed by atoms with Gasteiger partial charge < -0.3 is 15.8 Å². The van der Waals surface area contributed by atoms with Crippen LogP contribution in [0.2, 0.25) is 0 Å². The van der Waals surface area contributed by atoms with Crippen LogP contribution in [0.3, 0.4) is 0 Å². The van der Waals surface area contributed by atoms with Gasteiger partial charge in [0.05, 0.1) is 24.1 Å². The number of amidine groups is 1. The van der Waals surface area contributed by atoms with Crippen LogP contribution in [-0.2, 0) is 0 Å². The summed E-state index contributed by atoms with van der Waals surface area (Å²) in [6.07, 6.45) is 0. The van der Waals surface area contributed by atoms with E-state index in [0.717, 1.165) is 34.3 Å². The summed E-state index contributed by atoms with van der Waals surface area (Å²) in [7, 11) is 0. The second kappa shape index (κ2) is 7.85. The fourth-order valence-corrected chi connectivity index (χ4v) is 3.66. The number of hydrogen-bond acceptors (Lipinski definition) is 7. The molecule has 0 unspecified atom stereocenters. The predicted molar refractivity (Wildman–Crippen MR) is 113 cm³/mol. The Morgan fingerprint density at radius 1 is 1.18 bits per heavy atom. The highest BCUT2D eigenvalue weighted by Crippen LogP contribution is 2.29. The van der Waals surface area contributed by atoms with Gasteiger partial charge in [-0.05, 0) is 42.3 Å². The Balaban J connectivity index is 1.61. The summed E-state index contributed by atoms with van der Waals surface area (Å²) in [4.78, 5) is 25.0. The zero-order chi connectivity index (χ0) is 19.5. The van der Waals surface area contributed by atoms with Gasteiger partial charge in [0, 0.05) is 11.3 Å². The molecule has 1 aliphatic heterocycles. The van der Waals surface area contributed by atoms with Crippen LogP contribution in [0.15, 0.2) is 47.5 Å². The zero-order valence-electron chi connectivity index (χ0n) is 15.3. The number of rotatable bonds is 4. The third-order valence-corrected chi connectivity index (χ3v) is 5.14. The van der Waals surface area contributed by atoms with Gasteiger partial charge in [-0.25, -0.2) is 4.98 Å². The lowest BCUT2D eigenvalue weighted by molar-refractivity contribution is 0.0978. The van der Waals surface area contributed by atoms with E-state index in [2.05, 4.69) is 20.3 Å². The highest BCUT2D eigenvalue weighted by molar-refractivity contribution is 8.14. The molecule has 0 bridgehead atoms. The van der Waals surface area contributed by atoms with Crippen LogP contribution in [0.1, 0.15) is 17.3 Å². The maximum atomic E-state index is 12.3. The first-order valence-corrected chi connectivity index (χ1v) is 9.91. The van der Waals surface area contributed by atoms with Crippen LogP contribution >= 0.6 is 11.8 Å². The quantitative estimate of drug-likeness (QED) is 0.706. The molecule has 0 saturated carbocycles. The molecule has 0 saturated heterocycles. The molecule has 0 fully saturated rings. The molecule has 4 rings (SSSR count). The number of amides is 1. The Hall–Kier alpha value is -3.13. The Bertz CT molecular complexity index is 1070. The number of thioether (sulfide) groups is 1. The number of carbonyl (C=O) groups is 1. The molecule has 3 aromatic rings. The van der Waals surface area contributed by atoms with Crippen LogP contribution in [0.5, 0.6) is 5.88 Å². The summed E-state index contributed by atoms with van der Waals surface area (Å²) in [5, 5.41) is 4.32. The molecule has 0 aliphatic carbocycles. The van der Waals surface area contributed by atoms with Crippen molar-refractivity contribution in [3.8, 4) is 17.0 Å². The third-order valence-electron chi connectivity index (χ3n) is 4.25. The molecule has 3 N–H and O–H groups in total. The van der Waals surface area contributed by atoms with Gasteiger partial charge in [-0.3, -0.25) is 9.79 Å². The number of hydrogen-bond donors (Lipinski definition) is 2. The highest BCUT2D eigenvalue weighted by atomic mass is 32.2. The van der Waals surface area contributed by atoms with E-state index in [0.29, 0.717) is 23.2 Å². The van der Waals surface area contributed by atoms with Crippen molar-refractivity contribution >= 4 is 39.7 Å². The Kier molecular flexibility index (Phi) is 5.12. The average Bonchev–Trinajstić information content (AvgIpc) is 3.21. The Labute approximate surface area is 166 Å². The van der Waals surface area contributed by atoms with Crippen molar-refractivity contribution in [3.05, 3.63) is 48.0 Å². The van der Waals surface area contributed by atoms with Gasteiger partial charge in [0.25, 0.3) is 5.91 Å². The molecule has 7 nitrogen and oxygen atoms in total. The first-order valence-electron chi connectivity index (χ1n) is 8.93. The van der Waals surface area contributed by atoms with E-state index in [9.17, 15) is 4.79 Å². The Morgan fingerprint density at radius 3 is 2.68 bits per heavy atom. The molecule has 2 aromatic carbocycles. The largest absolute Gasteiger partial charge is 0.477 e. The molecule has 0 spiro atoms. The van der Waals surface area contributed by atoms with Crippen molar-refractivity contribution in [2.75, 3.05) is 24.6 Å². The standard InChI is InChI=1S/C20H19N5O2S/c1-2-27-18-15-11-14(7-8-16(15)23-19(21)25-18)12-3-5-13(6-4-12)17(26)24-20-22-9-10-28-20/h3-8,11H,2,9-10H2,1H3,(H2,21,23,25)(H,22,24,26). The van der Waals surface area contributed by atoms with Crippen molar-refractivity contribution in [2.24, 2.45) is 4.99 Å². The minimum atomic E-state index is -0.152. The van der Waals surface area contributed by atoms with Crippen LogP contribution < -0.4 is 15.8 Å². The molecular formula is C20H19N5O2S. The van der Waals surface area contributed by atoms with E-state index in [-0.39, 0.29) is 11.9 Å². The first-order chi connectivity index (χ1) is 13.6. The van der Waals surface area contributed by atoms with E-state index < -0.39 is 0 Å². The van der Waals surface area contributed by atoms with Gasteiger partial charge in [0.15, 0.2) is 5.17 Å². The van der Waals surface area contributed by atoms with Crippen molar-refractivity contribution in [3.63, 3.8) is 0 Å². The topological polar surface area (TPSA) is 102 Å². The first kappa shape index (κ1) is 18.2. The zero-order valence-corrected chi connectivity index (χ0v) is 16.1. The minimum Gasteiger partial charge on any atom is -0.477 e. The normalized spacial score (nSPS) is 13.4. The summed E-state index contributed by atoms with van der Waals surface area (Å²) in [6, 6.07) is 13.3. The SMILES string of the molecule is CCOc1nc(N)nc2ccc(-c3ccc(C(=O)NC4=NCCS4)cc3)cc12. The van der Waals surface area contributed by atoms with Crippen LogP contribution in [0, 0.1) is 0 Å². The molecule has 1 amide bonds. The lowest BCUT2D eigenvalue weighted by Crippen LogP contribution is -2.27. The predicted octanol–water partition coefficient (Wildman–Crippen LogP) is 3.11. The molecular weight excluding hydrogens is 374 g/mol. The third kappa shape index (κ3) is 3.77. The molecule has 0 atom stereocenters. The lowest BCUT2D eigenvalue weighted by Gasteiger charge is -2.09. The number of nitrogens with one attached hydrogen (secondary N) is 1. The summed E-state index contributed by atoms with van der Waals surface area (Å²) >= 11 is 1.56. The smallest absolute Gasteiger partial charge is 0.257 e. The van der Waals surface area contributed by atoms with Gasteiger partial charge in [-0.15, -0.1) is 0 Å². The number of ether oxygens (including phenoxy) is 1. The fourth-order valence-electron chi connectivity index (χ4n) is 2.94. The number of aromatic nitrogens is 2. The number of benzene rings is 2. The molecule has 8 heteroatoms. The summed E-state index contributed by atoms with van der Waals surface area (Å²) in [5.41, 5.74) is 9.03. The van der Waals surface area contributed by atoms with Crippen molar-refractivity contribution in [1.29, 1.82) is 0 Å². The molecule has 1 aliphatic rings. The number of anilines is 1. The number of nitrogens with two attached hydrogens (primary N) is 1. The van der Waals surface area contributed by atoms with E-state index in [4.69, 9.17) is 10.5 Å². The lowest BCUT2D eigenvalue weighted by atomic mass is 10.0. The summed E-state index contributed by atoms with van der Waals surface area (Å²) in [5.74, 6) is 1.41.